The molecule has 0 radical (unpaired) electrons. The largest absolute Gasteiger partial charge is 0.370 e. The van der Waals surface area contributed by atoms with Crippen LogP contribution in [0.5, 0.6) is 0 Å². The number of carbonyl (C=O) groups is 1. The Kier molecular flexibility index (Phi) is 6.30. The summed E-state index contributed by atoms with van der Waals surface area (Å²) < 4.78 is 25.6. The maximum Gasteiger partial charge on any atom is 0.275 e. The number of aromatic nitrogens is 2. The van der Waals surface area contributed by atoms with Gasteiger partial charge >= 0.3 is 0 Å². The topological polar surface area (TPSA) is 104 Å². The highest BCUT2D eigenvalue weighted by atomic mass is 32.2. The van der Waals surface area contributed by atoms with E-state index in [1.165, 1.54) is 17.6 Å². The number of hydrogen-bond donors (Lipinski definition) is 2. The van der Waals surface area contributed by atoms with Crippen molar-refractivity contribution >= 4 is 38.6 Å². The fourth-order valence-corrected chi connectivity index (χ4v) is 5.23. The van der Waals surface area contributed by atoms with Crippen LogP contribution in [0.3, 0.4) is 0 Å². The van der Waals surface area contributed by atoms with Gasteiger partial charge in [-0.15, -0.1) is 11.3 Å². The number of rotatable bonds is 6. The van der Waals surface area contributed by atoms with Crippen molar-refractivity contribution in [2.75, 3.05) is 29.6 Å². The molecule has 1 amide bonds. The van der Waals surface area contributed by atoms with Crippen LogP contribution in [0.4, 0.5) is 11.4 Å². The maximum absolute atomic E-state index is 12.8. The normalized spacial score (nSPS) is 15.1. The van der Waals surface area contributed by atoms with Gasteiger partial charge in [-0.05, 0) is 37.1 Å². The van der Waals surface area contributed by atoms with E-state index < -0.39 is 10.0 Å². The minimum absolute atomic E-state index is 0.0605. The van der Waals surface area contributed by atoms with Crippen LogP contribution in [0, 0.1) is 0 Å². The van der Waals surface area contributed by atoms with Gasteiger partial charge in [0.1, 0.15) is 10.7 Å². The first-order valence-corrected chi connectivity index (χ1v) is 12.6. The molecule has 3 aromatic rings. The Morgan fingerprint density at radius 3 is 2.55 bits per heavy atom. The van der Waals surface area contributed by atoms with Gasteiger partial charge in [0.15, 0.2) is 0 Å². The molecule has 3 heterocycles. The highest BCUT2D eigenvalue weighted by Gasteiger charge is 2.23. The summed E-state index contributed by atoms with van der Waals surface area (Å²) in [6.07, 6.45) is 5.99. The second-order valence-corrected chi connectivity index (χ2v) is 10.0. The lowest BCUT2D eigenvalue weighted by Gasteiger charge is -2.34. The average molecular weight is 458 g/mol. The Morgan fingerprint density at radius 2 is 1.84 bits per heavy atom. The molecular formula is C21H23N5O3S2. The number of pyridine rings is 1. The van der Waals surface area contributed by atoms with Crippen molar-refractivity contribution in [3.8, 4) is 10.6 Å². The Labute approximate surface area is 185 Å². The van der Waals surface area contributed by atoms with Gasteiger partial charge in [0.2, 0.25) is 10.0 Å². The van der Waals surface area contributed by atoms with Gasteiger partial charge in [0.25, 0.3) is 5.91 Å². The minimum Gasteiger partial charge on any atom is -0.370 e. The van der Waals surface area contributed by atoms with Crippen molar-refractivity contribution < 1.29 is 13.2 Å². The standard InChI is InChI=1S/C21H23N5O3S2/c1-31(28,29)25-16-8-12-26(13-9-16)19-5-3-2-4-17(19)23-20(27)18-14-30-21(24-18)15-6-10-22-11-7-15/h2-7,10-11,14,16,25H,8-9,12-13H2,1H3,(H,23,27). The van der Waals surface area contributed by atoms with E-state index in [1.807, 2.05) is 36.4 Å². The number of piperidine rings is 1. The molecule has 1 saturated heterocycles. The van der Waals surface area contributed by atoms with E-state index in [9.17, 15) is 13.2 Å². The summed E-state index contributed by atoms with van der Waals surface area (Å²) >= 11 is 1.41. The predicted octanol–water partition coefficient (Wildman–Crippen LogP) is 2.98. The monoisotopic (exact) mass is 457 g/mol. The van der Waals surface area contributed by atoms with Crippen LogP contribution in [-0.2, 0) is 10.0 Å². The molecular weight excluding hydrogens is 434 g/mol. The van der Waals surface area contributed by atoms with Crippen molar-refractivity contribution in [2.24, 2.45) is 0 Å². The smallest absolute Gasteiger partial charge is 0.275 e. The van der Waals surface area contributed by atoms with Crippen LogP contribution < -0.4 is 14.9 Å². The van der Waals surface area contributed by atoms with E-state index in [0.29, 0.717) is 37.3 Å². The number of benzene rings is 1. The predicted molar refractivity (Wildman–Crippen MR) is 123 cm³/mol. The highest BCUT2D eigenvalue weighted by Crippen LogP contribution is 2.29. The summed E-state index contributed by atoms with van der Waals surface area (Å²) in [6.45, 7) is 1.39. The first-order chi connectivity index (χ1) is 14.9. The van der Waals surface area contributed by atoms with E-state index in [0.717, 1.165) is 16.3 Å². The van der Waals surface area contributed by atoms with Gasteiger partial charge in [-0.3, -0.25) is 9.78 Å². The van der Waals surface area contributed by atoms with Gasteiger partial charge in [-0.2, -0.15) is 0 Å². The molecule has 1 fully saturated rings. The molecule has 0 bridgehead atoms. The molecule has 10 heteroatoms. The van der Waals surface area contributed by atoms with Gasteiger partial charge in [-0.25, -0.2) is 18.1 Å². The fraction of sp³-hybridized carbons (Fsp3) is 0.286. The van der Waals surface area contributed by atoms with Crippen molar-refractivity contribution in [2.45, 2.75) is 18.9 Å². The van der Waals surface area contributed by atoms with Gasteiger partial charge in [0, 0.05) is 42.5 Å². The number of sulfonamides is 1. The lowest BCUT2D eigenvalue weighted by molar-refractivity contribution is 0.102. The Bertz CT molecular complexity index is 1160. The molecule has 1 aliphatic heterocycles. The van der Waals surface area contributed by atoms with E-state index in [2.05, 4.69) is 24.9 Å². The summed E-state index contributed by atoms with van der Waals surface area (Å²) in [7, 11) is -3.21. The van der Waals surface area contributed by atoms with E-state index in [4.69, 9.17) is 0 Å². The number of amides is 1. The van der Waals surface area contributed by atoms with E-state index in [-0.39, 0.29) is 11.9 Å². The molecule has 0 aliphatic carbocycles. The Hall–Kier alpha value is -2.82. The third-order valence-electron chi connectivity index (χ3n) is 5.03. The number of anilines is 2. The molecule has 0 unspecified atom stereocenters. The third-order valence-corrected chi connectivity index (χ3v) is 6.69. The first-order valence-electron chi connectivity index (χ1n) is 9.87. The quantitative estimate of drug-likeness (QED) is 0.590. The summed E-state index contributed by atoms with van der Waals surface area (Å²) in [5.74, 6) is -0.266. The summed E-state index contributed by atoms with van der Waals surface area (Å²) in [4.78, 5) is 23.5. The van der Waals surface area contributed by atoms with Crippen LogP contribution >= 0.6 is 11.3 Å². The third kappa shape index (κ3) is 5.46. The first kappa shape index (κ1) is 21.4. The zero-order valence-electron chi connectivity index (χ0n) is 17.0. The molecule has 1 aromatic carbocycles. The number of carbonyl (C=O) groups excluding carboxylic acids is 1. The second kappa shape index (κ2) is 9.13. The van der Waals surface area contributed by atoms with Crippen molar-refractivity contribution in [1.29, 1.82) is 0 Å². The second-order valence-electron chi connectivity index (χ2n) is 7.40. The van der Waals surface area contributed by atoms with Crippen LogP contribution in [0.25, 0.3) is 10.6 Å². The highest BCUT2D eigenvalue weighted by molar-refractivity contribution is 7.88. The minimum atomic E-state index is -3.21. The number of nitrogens with one attached hydrogen (secondary N) is 2. The van der Waals surface area contributed by atoms with Crippen molar-refractivity contribution in [3.63, 3.8) is 0 Å². The lowest BCUT2D eigenvalue weighted by atomic mass is 10.0. The zero-order valence-corrected chi connectivity index (χ0v) is 18.6. The summed E-state index contributed by atoms with van der Waals surface area (Å²) in [5.41, 5.74) is 2.91. The van der Waals surface area contributed by atoms with Gasteiger partial charge in [0.05, 0.1) is 17.6 Å². The molecule has 162 valence electrons. The zero-order chi connectivity index (χ0) is 21.8. The molecule has 2 aromatic heterocycles. The Balaban J connectivity index is 1.45. The molecule has 1 aliphatic rings. The van der Waals surface area contributed by atoms with Crippen LogP contribution in [0.1, 0.15) is 23.3 Å². The van der Waals surface area contributed by atoms with Crippen LogP contribution in [-0.4, -0.2) is 49.7 Å². The van der Waals surface area contributed by atoms with Crippen molar-refractivity contribution in [1.82, 2.24) is 14.7 Å². The Morgan fingerprint density at radius 1 is 1.13 bits per heavy atom. The van der Waals surface area contributed by atoms with E-state index >= 15 is 0 Å². The average Bonchev–Trinajstić information content (AvgIpc) is 3.25. The SMILES string of the molecule is CS(=O)(=O)NC1CCN(c2ccccc2NC(=O)c2csc(-c3ccncc3)n2)CC1. The number of nitrogens with zero attached hydrogens (tertiary/aromatic N) is 3. The molecule has 0 atom stereocenters. The molecule has 31 heavy (non-hydrogen) atoms. The summed E-state index contributed by atoms with van der Waals surface area (Å²) in [5, 5.41) is 5.49. The maximum atomic E-state index is 12.8. The molecule has 0 saturated carbocycles. The van der Waals surface area contributed by atoms with Gasteiger partial charge in [-0.1, -0.05) is 12.1 Å². The number of thiazole rings is 1. The fourth-order valence-electron chi connectivity index (χ4n) is 3.59. The molecule has 8 nitrogen and oxygen atoms in total. The number of hydrogen-bond acceptors (Lipinski definition) is 7. The molecule has 2 N–H and O–H groups in total. The number of para-hydroxylation sites is 2. The van der Waals surface area contributed by atoms with Gasteiger partial charge < -0.3 is 10.2 Å². The summed E-state index contributed by atoms with van der Waals surface area (Å²) in [6, 6.07) is 11.3. The molecule has 0 spiro atoms. The van der Waals surface area contributed by atoms with Crippen molar-refractivity contribution in [3.05, 3.63) is 59.9 Å². The van der Waals surface area contributed by atoms with Crippen LogP contribution in [0.2, 0.25) is 0 Å². The lowest BCUT2D eigenvalue weighted by Crippen LogP contribution is -2.44. The van der Waals surface area contributed by atoms with E-state index in [1.54, 1.807) is 17.8 Å². The molecule has 4 rings (SSSR count). The van der Waals surface area contributed by atoms with Crippen LogP contribution in [0.15, 0.2) is 54.2 Å².